The molecule has 23 heavy (non-hydrogen) atoms. The molecule has 0 atom stereocenters. The van der Waals surface area contributed by atoms with Crippen molar-refractivity contribution in [1.82, 2.24) is 14.8 Å². The number of nitrogens with zero attached hydrogens (tertiary/aromatic N) is 3. The van der Waals surface area contributed by atoms with Crippen molar-refractivity contribution in [2.45, 2.75) is 26.8 Å². The maximum Gasteiger partial charge on any atom is 0.222 e. The molecular weight excluding hydrogens is 286 g/mol. The van der Waals surface area contributed by atoms with Crippen LogP contribution in [0.3, 0.4) is 0 Å². The highest BCUT2D eigenvalue weighted by Gasteiger charge is 2.21. The van der Waals surface area contributed by atoms with Gasteiger partial charge in [0.1, 0.15) is 0 Å². The minimum absolute atomic E-state index is 0.298. The van der Waals surface area contributed by atoms with Crippen LogP contribution in [0.4, 0.5) is 0 Å². The van der Waals surface area contributed by atoms with Crippen molar-refractivity contribution in [2.75, 3.05) is 26.2 Å². The first-order valence-corrected chi connectivity index (χ1v) is 8.46. The molecule has 0 bridgehead atoms. The molecule has 2 aromatic rings. The number of carbonyl (C=O) groups excluding carboxylic acids is 1. The van der Waals surface area contributed by atoms with Crippen molar-refractivity contribution in [3.05, 3.63) is 42.1 Å². The Balaban J connectivity index is 1.61. The zero-order valence-corrected chi connectivity index (χ0v) is 14.0. The van der Waals surface area contributed by atoms with Crippen LogP contribution in [0.25, 0.3) is 10.9 Å². The lowest BCUT2D eigenvalue weighted by Crippen LogP contribution is -2.48. The number of para-hydroxylation sites is 1. The van der Waals surface area contributed by atoms with E-state index in [0.29, 0.717) is 18.2 Å². The van der Waals surface area contributed by atoms with E-state index in [0.717, 1.165) is 38.2 Å². The Hall–Kier alpha value is -1.94. The maximum atomic E-state index is 12.1. The van der Waals surface area contributed by atoms with E-state index in [1.807, 2.05) is 17.2 Å². The second-order valence-electron chi connectivity index (χ2n) is 6.75. The van der Waals surface area contributed by atoms with Gasteiger partial charge in [-0.3, -0.25) is 14.7 Å². The molecule has 4 heteroatoms. The second-order valence-corrected chi connectivity index (χ2v) is 6.75. The standard InChI is InChI=1S/C19H25N3O/c1-15(2)13-18(23)22-11-9-21(10-12-22)14-17-6-3-5-16-7-4-8-20-19(16)17/h3-8,15H,9-14H2,1-2H3. The largest absolute Gasteiger partial charge is 0.340 e. The molecule has 1 aliphatic heterocycles. The minimum atomic E-state index is 0.298. The van der Waals surface area contributed by atoms with Gasteiger partial charge in [-0.05, 0) is 17.5 Å². The minimum Gasteiger partial charge on any atom is -0.340 e. The first-order chi connectivity index (χ1) is 11.1. The van der Waals surface area contributed by atoms with Gasteiger partial charge >= 0.3 is 0 Å². The summed E-state index contributed by atoms with van der Waals surface area (Å²) in [6.07, 6.45) is 2.52. The number of hydrogen-bond acceptors (Lipinski definition) is 3. The third kappa shape index (κ3) is 3.88. The molecule has 1 aromatic carbocycles. The van der Waals surface area contributed by atoms with Crippen molar-refractivity contribution in [2.24, 2.45) is 5.92 Å². The smallest absolute Gasteiger partial charge is 0.222 e. The van der Waals surface area contributed by atoms with Gasteiger partial charge in [0.15, 0.2) is 0 Å². The van der Waals surface area contributed by atoms with Crippen LogP contribution in [0.1, 0.15) is 25.8 Å². The quantitative estimate of drug-likeness (QED) is 0.871. The van der Waals surface area contributed by atoms with E-state index in [2.05, 4.69) is 48.0 Å². The van der Waals surface area contributed by atoms with Crippen LogP contribution >= 0.6 is 0 Å². The highest BCUT2D eigenvalue weighted by atomic mass is 16.2. The molecule has 1 aromatic heterocycles. The number of benzene rings is 1. The number of pyridine rings is 1. The lowest BCUT2D eigenvalue weighted by Gasteiger charge is -2.35. The highest BCUT2D eigenvalue weighted by molar-refractivity contribution is 5.81. The molecule has 122 valence electrons. The predicted molar refractivity (Wildman–Crippen MR) is 93.1 cm³/mol. The molecule has 0 N–H and O–H groups in total. The maximum absolute atomic E-state index is 12.1. The van der Waals surface area contributed by atoms with E-state index in [1.165, 1.54) is 10.9 Å². The van der Waals surface area contributed by atoms with E-state index in [4.69, 9.17) is 0 Å². The summed E-state index contributed by atoms with van der Waals surface area (Å²) in [5.74, 6) is 0.730. The van der Waals surface area contributed by atoms with Gasteiger partial charge in [-0.1, -0.05) is 38.1 Å². The van der Waals surface area contributed by atoms with E-state index in [-0.39, 0.29) is 0 Å². The van der Waals surface area contributed by atoms with Gasteiger partial charge in [-0.15, -0.1) is 0 Å². The number of rotatable bonds is 4. The van der Waals surface area contributed by atoms with Crippen molar-refractivity contribution < 1.29 is 4.79 Å². The number of piperazine rings is 1. The van der Waals surface area contributed by atoms with Crippen LogP contribution in [-0.2, 0) is 11.3 Å². The first-order valence-electron chi connectivity index (χ1n) is 8.46. The summed E-state index contributed by atoms with van der Waals surface area (Å²) in [5.41, 5.74) is 2.36. The Bertz CT molecular complexity index is 670. The van der Waals surface area contributed by atoms with E-state index in [1.54, 1.807) is 0 Å². The van der Waals surface area contributed by atoms with Gasteiger partial charge in [0.2, 0.25) is 5.91 Å². The van der Waals surface area contributed by atoms with Crippen LogP contribution in [0.15, 0.2) is 36.5 Å². The summed E-state index contributed by atoms with van der Waals surface area (Å²) >= 11 is 0. The average molecular weight is 311 g/mol. The number of fused-ring (bicyclic) bond motifs is 1. The van der Waals surface area contributed by atoms with E-state index in [9.17, 15) is 4.79 Å². The molecule has 2 heterocycles. The zero-order valence-electron chi connectivity index (χ0n) is 14.0. The number of aromatic nitrogens is 1. The number of hydrogen-bond donors (Lipinski definition) is 0. The average Bonchev–Trinajstić information content (AvgIpc) is 2.55. The van der Waals surface area contributed by atoms with Crippen LogP contribution in [0.5, 0.6) is 0 Å². The van der Waals surface area contributed by atoms with Crippen molar-refractivity contribution in [1.29, 1.82) is 0 Å². The van der Waals surface area contributed by atoms with E-state index < -0.39 is 0 Å². The van der Waals surface area contributed by atoms with Crippen LogP contribution in [0.2, 0.25) is 0 Å². The molecule has 1 aliphatic rings. The monoisotopic (exact) mass is 311 g/mol. The van der Waals surface area contributed by atoms with Crippen LogP contribution in [-0.4, -0.2) is 46.9 Å². The van der Waals surface area contributed by atoms with Crippen LogP contribution in [0, 0.1) is 5.92 Å². The summed E-state index contributed by atoms with van der Waals surface area (Å²) in [4.78, 5) is 21.1. The molecule has 3 rings (SSSR count). The lowest BCUT2D eigenvalue weighted by atomic mass is 10.1. The van der Waals surface area contributed by atoms with Gasteiger partial charge in [-0.2, -0.15) is 0 Å². The third-order valence-electron chi connectivity index (χ3n) is 4.42. The van der Waals surface area contributed by atoms with Gasteiger partial charge < -0.3 is 4.90 Å². The Kier molecular flexibility index (Phi) is 4.91. The molecule has 4 nitrogen and oxygen atoms in total. The zero-order chi connectivity index (χ0) is 16.2. The van der Waals surface area contributed by atoms with Crippen LogP contribution < -0.4 is 0 Å². The number of carbonyl (C=O) groups is 1. The molecule has 0 spiro atoms. The Labute approximate surface area is 138 Å². The van der Waals surface area contributed by atoms with E-state index >= 15 is 0 Å². The fourth-order valence-corrected chi connectivity index (χ4v) is 3.17. The molecule has 1 fully saturated rings. The predicted octanol–water partition coefficient (Wildman–Crippen LogP) is 2.93. The van der Waals surface area contributed by atoms with Crippen molar-refractivity contribution >= 4 is 16.8 Å². The summed E-state index contributed by atoms with van der Waals surface area (Å²) < 4.78 is 0. The molecule has 0 unspecified atom stereocenters. The molecular formula is C19H25N3O. The fourth-order valence-electron chi connectivity index (χ4n) is 3.17. The second kappa shape index (κ2) is 7.09. The van der Waals surface area contributed by atoms with Crippen molar-refractivity contribution in [3.63, 3.8) is 0 Å². The van der Waals surface area contributed by atoms with Crippen molar-refractivity contribution in [3.8, 4) is 0 Å². The van der Waals surface area contributed by atoms with Gasteiger partial charge in [-0.25, -0.2) is 0 Å². The summed E-state index contributed by atoms with van der Waals surface area (Å²) in [6.45, 7) is 8.65. The third-order valence-corrected chi connectivity index (χ3v) is 4.42. The summed E-state index contributed by atoms with van der Waals surface area (Å²) in [5, 5.41) is 1.19. The Morgan fingerprint density at radius 3 is 2.61 bits per heavy atom. The van der Waals surface area contributed by atoms with Gasteiger partial charge in [0.05, 0.1) is 5.52 Å². The molecule has 0 radical (unpaired) electrons. The lowest BCUT2D eigenvalue weighted by molar-refractivity contribution is -0.133. The summed E-state index contributed by atoms with van der Waals surface area (Å²) in [6, 6.07) is 10.4. The SMILES string of the molecule is CC(C)CC(=O)N1CCN(Cc2cccc3cccnc23)CC1. The highest BCUT2D eigenvalue weighted by Crippen LogP contribution is 2.18. The first kappa shape index (κ1) is 15.9. The van der Waals surface area contributed by atoms with Gasteiger partial charge in [0, 0.05) is 50.7 Å². The fraction of sp³-hybridized carbons (Fsp3) is 0.474. The molecule has 1 amide bonds. The molecule has 1 saturated heterocycles. The normalized spacial score (nSPS) is 16.2. The Morgan fingerprint density at radius 1 is 1.13 bits per heavy atom. The summed E-state index contributed by atoms with van der Waals surface area (Å²) in [7, 11) is 0. The topological polar surface area (TPSA) is 36.4 Å². The van der Waals surface area contributed by atoms with Gasteiger partial charge in [0.25, 0.3) is 0 Å². The number of amides is 1. The molecule has 0 aliphatic carbocycles. The Morgan fingerprint density at radius 2 is 1.87 bits per heavy atom. The molecule has 0 saturated carbocycles.